The van der Waals surface area contributed by atoms with Crippen molar-refractivity contribution in [3.8, 4) is 11.5 Å². The second-order valence-electron chi connectivity index (χ2n) is 4.57. The van der Waals surface area contributed by atoms with Crippen molar-refractivity contribution in [2.45, 2.75) is 13.2 Å². The largest absolute Gasteiger partial charge is 0.497 e. The van der Waals surface area contributed by atoms with E-state index < -0.39 is 0 Å². The second-order valence-corrected chi connectivity index (χ2v) is 4.57. The maximum atomic E-state index is 9.57. The van der Waals surface area contributed by atoms with Crippen molar-refractivity contribution < 1.29 is 14.6 Å². The summed E-state index contributed by atoms with van der Waals surface area (Å²) in [5, 5.41) is 13.9. The zero-order valence-electron chi connectivity index (χ0n) is 11.6. The molecular formula is C14H21N2O3. The molecule has 0 amide bonds. The highest BCUT2D eigenvalue weighted by Crippen LogP contribution is 2.29. The maximum Gasteiger partial charge on any atom is 0.128 e. The zero-order chi connectivity index (χ0) is 13.7. The van der Waals surface area contributed by atoms with E-state index in [9.17, 15) is 5.11 Å². The van der Waals surface area contributed by atoms with E-state index in [1.165, 1.54) is 0 Å². The number of benzene rings is 1. The molecule has 1 N–H and O–H groups in total. The van der Waals surface area contributed by atoms with Gasteiger partial charge in [-0.1, -0.05) is 0 Å². The minimum atomic E-state index is -0.0271. The first kappa shape index (κ1) is 14.1. The summed E-state index contributed by atoms with van der Waals surface area (Å²) in [5.74, 6) is 1.43. The fourth-order valence-electron chi connectivity index (χ4n) is 2.34. The molecule has 1 fully saturated rings. The van der Waals surface area contributed by atoms with Crippen LogP contribution in [0.4, 0.5) is 0 Å². The highest BCUT2D eigenvalue weighted by molar-refractivity contribution is 5.46. The third-order valence-corrected chi connectivity index (χ3v) is 3.43. The van der Waals surface area contributed by atoms with Crippen molar-refractivity contribution in [2.75, 3.05) is 40.4 Å². The lowest BCUT2D eigenvalue weighted by Crippen LogP contribution is -2.39. The first-order valence-corrected chi connectivity index (χ1v) is 6.48. The van der Waals surface area contributed by atoms with Gasteiger partial charge in [-0.05, 0) is 11.6 Å². The molecule has 5 nitrogen and oxygen atoms in total. The minimum Gasteiger partial charge on any atom is -0.497 e. The van der Waals surface area contributed by atoms with Gasteiger partial charge in [-0.3, -0.25) is 4.90 Å². The predicted octanol–water partition coefficient (Wildman–Crippen LogP) is 0.616. The minimum absolute atomic E-state index is 0.0271. The molecule has 0 spiro atoms. The Kier molecular flexibility index (Phi) is 5.01. The van der Waals surface area contributed by atoms with Crippen LogP contribution in [0.15, 0.2) is 12.1 Å². The molecule has 0 aromatic heterocycles. The molecule has 1 aromatic rings. The summed E-state index contributed by atoms with van der Waals surface area (Å²) < 4.78 is 10.6. The van der Waals surface area contributed by atoms with Crippen LogP contribution < -0.4 is 14.8 Å². The van der Waals surface area contributed by atoms with Crippen molar-refractivity contribution in [1.29, 1.82) is 0 Å². The lowest BCUT2D eigenvalue weighted by Gasteiger charge is -2.27. The van der Waals surface area contributed by atoms with Gasteiger partial charge >= 0.3 is 0 Å². The number of nitrogens with zero attached hydrogens (tertiary/aromatic N) is 2. The Labute approximate surface area is 114 Å². The van der Waals surface area contributed by atoms with Gasteiger partial charge in [0.25, 0.3) is 0 Å². The molecule has 2 rings (SSSR count). The smallest absolute Gasteiger partial charge is 0.128 e. The highest BCUT2D eigenvalue weighted by Gasteiger charge is 2.16. The quantitative estimate of drug-likeness (QED) is 0.848. The molecule has 105 valence electrons. The van der Waals surface area contributed by atoms with Crippen LogP contribution in [-0.2, 0) is 13.2 Å². The summed E-state index contributed by atoms with van der Waals surface area (Å²) in [4.78, 5) is 2.33. The molecule has 1 heterocycles. The first-order chi connectivity index (χ1) is 9.28. The molecule has 5 heteroatoms. The Balaban J connectivity index is 2.25. The molecule has 0 bridgehead atoms. The van der Waals surface area contributed by atoms with Gasteiger partial charge < -0.3 is 14.6 Å². The molecule has 1 aliphatic rings. The van der Waals surface area contributed by atoms with Crippen LogP contribution in [-0.4, -0.2) is 50.4 Å². The Morgan fingerprint density at radius 2 is 1.95 bits per heavy atom. The monoisotopic (exact) mass is 265 g/mol. The summed E-state index contributed by atoms with van der Waals surface area (Å²) in [5.41, 5.74) is 1.89. The molecule has 0 aliphatic carbocycles. The van der Waals surface area contributed by atoms with Gasteiger partial charge in [-0.25, -0.2) is 5.32 Å². The molecular weight excluding hydrogens is 244 g/mol. The van der Waals surface area contributed by atoms with Crippen molar-refractivity contribution in [1.82, 2.24) is 10.2 Å². The molecule has 1 aliphatic heterocycles. The fourth-order valence-corrected chi connectivity index (χ4v) is 2.34. The maximum absolute atomic E-state index is 9.57. The molecule has 0 saturated carbocycles. The summed E-state index contributed by atoms with van der Waals surface area (Å²) in [7, 11) is 3.24. The molecule has 0 atom stereocenters. The standard InChI is InChI=1S/C14H21N2O3/c1-18-12-7-11(9-16-5-3-15-4-6-16)13(10-17)14(8-12)19-2/h7-8,17H,3-6,9-10H2,1-2H3. The van der Waals surface area contributed by atoms with Crippen molar-refractivity contribution in [3.63, 3.8) is 0 Å². The number of piperazine rings is 1. The van der Waals surface area contributed by atoms with Crippen LogP contribution in [0.5, 0.6) is 11.5 Å². The normalized spacial score (nSPS) is 16.4. The Hall–Kier alpha value is -1.30. The van der Waals surface area contributed by atoms with E-state index in [0.717, 1.165) is 49.6 Å². The van der Waals surface area contributed by atoms with E-state index in [-0.39, 0.29) is 6.61 Å². The molecule has 1 saturated heterocycles. The van der Waals surface area contributed by atoms with Crippen LogP contribution in [0.2, 0.25) is 0 Å². The second kappa shape index (κ2) is 6.75. The lowest BCUT2D eigenvalue weighted by molar-refractivity contribution is 0.224. The van der Waals surface area contributed by atoms with Gasteiger partial charge in [-0.15, -0.1) is 0 Å². The van der Waals surface area contributed by atoms with Crippen LogP contribution in [0.25, 0.3) is 0 Å². The van der Waals surface area contributed by atoms with Gasteiger partial charge in [0.1, 0.15) is 11.5 Å². The molecule has 19 heavy (non-hydrogen) atoms. The van der Waals surface area contributed by atoms with Crippen molar-refractivity contribution >= 4 is 0 Å². The molecule has 0 unspecified atom stereocenters. The van der Waals surface area contributed by atoms with Crippen LogP contribution >= 0.6 is 0 Å². The topological polar surface area (TPSA) is 56.0 Å². The molecule has 1 aromatic carbocycles. The van der Waals surface area contributed by atoms with Gasteiger partial charge in [-0.2, -0.15) is 0 Å². The van der Waals surface area contributed by atoms with Crippen LogP contribution in [0.3, 0.4) is 0 Å². The van der Waals surface area contributed by atoms with E-state index in [4.69, 9.17) is 9.47 Å². The Morgan fingerprint density at radius 3 is 2.53 bits per heavy atom. The fraction of sp³-hybridized carbons (Fsp3) is 0.571. The summed E-state index contributed by atoms with van der Waals surface area (Å²) in [6, 6.07) is 3.78. The van der Waals surface area contributed by atoms with Crippen molar-refractivity contribution in [2.24, 2.45) is 0 Å². The van der Waals surface area contributed by atoms with E-state index in [2.05, 4.69) is 10.2 Å². The number of rotatable bonds is 5. The van der Waals surface area contributed by atoms with Gasteiger partial charge in [0.2, 0.25) is 0 Å². The number of methoxy groups -OCH3 is 2. The Bertz CT molecular complexity index is 417. The zero-order valence-corrected chi connectivity index (χ0v) is 11.6. The summed E-state index contributed by atoms with van der Waals surface area (Å²) in [6.07, 6.45) is 0. The Morgan fingerprint density at radius 1 is 1.21 bits per heavy atom. The highest BCUT2D eigenvalue weighted by atomic mass is 16.5. The van der Waals surface area contributed by atoms with Gasteiger partial charge in [0, 0.05) is 44.4 Å². The average Bonchev–Trinajstić information content (AvgIpc) is 2.47. The van der Waals surface area contributed by atoms with E-state index in [0.29, 0.717) is 5.75 Å². The van der Waals surface area contributed by atoms with Gasteiger partial charge in [0.05, 0.1) is 20.8 Å². The van der Waals surface area contributed by atoms with Crippen molar-refractivity contribution in [3.05, 3.63) is 23.3 Å². The van der Waals surface area contributed by atoms with E-state index in [1.54, 1.807) is 20.3 Å². The van der Waals surface area contributed by atoms with E-state index >= 15 is 0 Å². The van der Waals surface area contributed by atoms with E-state index in [1.807, 2.05) is 6.07 Å². The average molecular weight is 265 g/mol. The number of hydrogen-bond donors (Lipinski definition) is 1. The third-order valence-electron chi connectivity index (χ3n) is 3.43. The molecule has 1 radical (unpaired) electrons. The van der Waals surface area contributed by atoms with Crippen LogP contribution in [0.1, 0.15) is 11.1 Å². The van der Waals surface area contributed by atoms with Crippen LogP contribution in [0, 0.1) is 0 Å². The number of aliphatic hydroxyl groups is 1. The third kappa shape index (κ3) is 3.37. The first-order valence-electron chi connectivity index (χ1n) is 6.48. The lowest BCUT2D eigenvalue weighted by atomic mass is 10.1. The number of ether oxygens (including phenoxy) is 2. The predicted molar refractivity (Wildman–Crippen MR) is 72.6 cm³/mol. The summed E-state index contributed by atoms with van der Waals surface area (Å²) >= 11 is 0. The summed E-state index contributed by atoms with van der Waals surface area (Å²) in [6.45, 7) is 4.46. The van der Waals surface area contributed by atoms with Gasteiger partial charge in [0.15, 0.2) is 0 Å². The SMILES string of the molecule is COc1cc(CN2CC[N]CC2)c(CO)c(OC)c1. The number of hydrogen-bond acceptors (Lipinski definition) is 4. The number of aliphatic hydroxyl groups excluding tert-OH is 1.